The van der Waals surface area contributed by atoms with E-state index < -0.39 is 0 Å². The number of aliphatic hydroxyl groups is 1. The molecule has 1 fully saturated rings. The number of rotatable bonds is 2. The summed E-state index contributed by atoms with van der Waals surface area (Å²) in [4.78, 5) is 0. The van der Waals surface area contributed by atoms with Gasteiger partial charge in [-0.25, -0.2) is 0 Å². The Hall–Kier alpha value is -1.02. The van der Waals surface area contributed by atoms with Crippen molar-refractivity contribution >= 4 is 0 Å². The Morgan fingerprint density at radius 2 is 2.33 bits per heavy atom. The summed E-state index contributed by atoms with van der Waals surface area (Å²) in [6, 6.07) is 6.39. The number of benzene rings is 1. The van der Waals surface area contributed by atoms with Crippen molar-refractivity contribution in [1.29, 1.82) is 0 Å². The summed E-state index contributed by atoms with van der Waals surface area (Å²) in [6.45, 7) is 3.29. The van der Waals surface area contributed by atoms with Gasteiger partial charge in [0.2, 0.25) is 0 Å². The van der Waals surface area contributed by atoms with Crippen molar-refractivity contribution in [3.05, 3.63) is 29.3 Å². The molecule has 1 heterocycles. The van der Waals surface area contributed by atoms with Crippen molar-refractivity contribution in [2.24, 2.45) is 5.92 Å². The normalized spacial score (nSPS) is 32.3. The van der Waals surface area contributed by atoms with Crippen LogP contribution in [-0.2, 0) is 11.8 Å². The van der Waals surface area contributed by atoms with E-state index in [9.17, 15) is 5.11 Å². The fourth-order valence-electron chi connectivity index (χ4n) is 2.70. The van der Waals surface area contributed by atoms with Gasteiger partial charge in [-0.1, -0.05) is 19.1 Å². The van der Waals surface area contributed by atoms with Gasteiger partial charge in [0.25, 0.3) is 0 Å². The lowest BCUT2D eigenvalue weighted by Gasteiger charge is -2.14. The predicted molar refractivity (Wildman–Crippen MR) is 58.2 cm³/mol. The van der Waals surface area contributed by atoms with Crippen LogP contribution in [0.5, 0.6) is 5.75 Å². The summed E-state index contributed by atoms with van der Waals surface area (Å²) < 4.78 is 5.48. The van der Waals surface area contributed by atoms with E-state index in [1.54, 1.807) is 0 Å². The Labute approximate surface area is 89.9 Å². The maximum absolute atomic E-state index is 9.50. The van der Waals surface area contributed by atoms with Crippen LogP contribution in [0.2, 0.25) is 0 Å². The zero-order valence-electron chi connectivity index (χ0n) is 8.99. The zero-order valence-corrected chi connectivity index (χ0v) is 8.99. The van der Waals surface area contributed by atoms with Crippen LogP contribution in [0.3, 0.4) is 0 Å². The van der Waals surface area contributed by atoms with E-state index in [4.69, 9.17) is 4.74 Å². The quantitative estimate of drug-likeness (QED) is 0.797. The lowest BCUT2D eigenvalue weighted by Crippen LogP contribution is -2.14. The topological polar surface area (TPSA) is 29.5 Å². The van der Waals surface area contributed by atoms with Gasteiger partial charge in [-0.05, 0) is 29.5 Å². The first kappa shape index (κ1) is 9.22. The van der Waals surface area contributed by atoms with E-state index >= 15 is 0 Å². The second-order valence-corrected chi connectivity index (χ2v) is 4.84. The zero-order chi connectivity index (χ0) is 10.5. The maximum Gasteiger partial charge on any atom is 0.122 e. The van der Waals surface area contributed by atoms with Gasteiger partial charge in [0.05, 0.1) is 13.2 Å². The summed E-state index contributed by atoms with van der Waals surface area (Å²) in [5, 5.41) is 9.50. The summed E-state index contributed by atoms with van der Waals surface area (Å²) in [5.74, 6) is 1.64. The van der Waals surface area contributed by atoms with Gasteiger partial charge >= 0.3 is 0 Å². The highest BCUT2D eigenvalue weighted by Crippen LogP contribution is 2.54. The first-order chi connectivity index (χ1) is 7.26. The fraction of sp³-hybridized carbons (Fsp3) is 0.538. The van der Waals surface area contributed by atoms with Gasteiger partial charge < -0.3 is 9.84 Å². The molecule has 80 valence electrons. The van der Waals surface area contributed by atoms with E-state index in [-0.39, 0.29) is 12.0 Å². The number of ether oxygens (including phenoxy) is 1. The number of aliphatic hydroxyl groups excluding tert-OH is 1. The SMILES string of the molecule is CC1CC1(CO)c1ccc2c(c1)CCO2. The third-order valence-electron chi connectivity index (χ3n) is 4.00. The number of fused-ring (bicyclic) bond motifs is 1. The molecule has 1 aromatic carbocycles. The highest BCUT2D eigenvalue weighted by atomic mass is 16.5. The Morgan fingerprint density at radius 3 is 3.00 bits per heavy atom. The molecule has 0 radical (unpaired) electrons. The minimum absolute atomic E-state index is 0.0532. The number of hydrogen-bond donors (Lipinski definition) is 1. The standard InChI is InChI=1S/C13H16O2/c1-9-7-13(9,8-14)11-2-3-12-10(6-11)4-5-15-12/h2-3,6,9,14H,4-5,7-8H2,1H3. The highest BCUT2D eigenvalue weighted by molar-refractivity contribution is 5.45. The van der Waals surface area contributed by atoms with Crippen molar-refractivity contribution in [2.75, 3.05) is 13.2 Å². The average molecular weight is 204 g/mol. The van der Waals surface area contributed by atoms with Crippen molar-refractivity contribution in [2.45, 2.75) is 25.2 Å². The summed E-state index contributed by atoms with van der Waals surface area (Å²) in [5.41, 5.74) is 2.65. The van der Waals surface area contributed by atoms with Gasteiger partial charge in [0, 0.05) is 11.8 Å². The van der Waals surface area contributed by atoms with Gasteiger partial charge in [0.15, 0.2) is 0 Å². The lowest BCUT2D eigenvalue weighted by atomic mass is 9.92. The molecule has 2 atom stereocenters. The summed E-state index contributed by atoms with van der Waals surface area (Å²) in [6.07, 6.45) is 2.13. The van der Waals surface area contributed by atoms with Crippen molar-refractivity contribution < 1.29 is 9.84 Å². The molecule has 1 N–H and O–H groups in total. The highest BCUT2D eigenvalue weighted by Gasteiger charge is 2.51. The third-order valence-corrected chi connectivity index (χ3v) is 4.00. The van der Waals surface area contributed by atoms with Crippen LogP contribution in [0, 0.1) is 5.92 Å². The van der Waals surface area contributed by atoms with Crippen molar-refractivity contribution in [3.63, 3.8) is 0 Å². The Morgan fingerprint density at radius 1 is 1.53 bits per heavy atom. The van der Waals surface area contributed by atoms with Crippen LogP contribution in [-0.4, -0.2) is 18.3 Å². The monoisotopic (exact) mass is 204 g/mol. The summed E-state index contributed by atoms with van der Waals surface area (Å²) >= 11 is 0. The molecule has 0 bridgehead atoms. The number of hydrogen-bond acceptors (Lipinski definition) is 2. The van der Waals surface area contributed by atoms with Gasteiger partial charge in [-0.2, -0.15) is 0 Å². The molecule has 3 rings (SSSR count). The molecule has 1 aliphatic heterocycles. The Bertz CT molecular complexity index is 396. The van der Waals surface area contributed by atoms with Crippen LogP contribution in [0.4, 0.5) is 0 Å². The van der Waals surface area contributed by atoms with Crippen LogP contribution in [0.15, 0.2) is 18.2 Å². The molecule has 1 aromatic rings. The second-order valence-electron chi connectivity index (χ2n) is 4.84. The molecular formula is C13H16O2. The molecular weight excluding hydrogens is 188 g/mol. The lowest BCUT2D eigenvalue weighted by molar-refractivity contribution is 0.247. The molecule has 0 amide bonds. The van der Waals surface area contributed by atoms with Crippen LogP contribution >= 0.6 is 0 Å². The molecule has 2 nitrogen and oxygen atoms in total. The largest absolute Gasteiger partial charge is 0.493 e. The maximum atomic E-state index is 9.50. The van der Waals surface area contributed by atoms with Crippen LogP contribution in [0.1, 0.15) is 24.5 Å². The fourth-order valence-corrected chi connectivity index (χ4v) is 2.70. The first-order valence-electron chi connectivity index (χ1n) is 5.63. The summed E-state index contributed by atoms with van der Waals surface area (Å²) in [7, 11) is 0. The molecule has 2 aliphatic rings. The Kier molecular flexibility index (Phi) is 1.84. The van der Waals surface area contributed by atoms with Gasteiger partial charge in [0.1, 0.15) is 5.75 Å². The average Bonchev–Trinajstić information content (AvgIpc) is 2.74. The second kappa shape index (κ2) is 2.99. The minimum atomic E-state index is 0.0532. The molecule has 0 saturated heterocycles. The van der Waals surface area contributed by atoms with Crippen LogP contribution < -0.4 is 4.74 Å². The first-order valence-corrected chi connectivity index (χ1v) is 5.63. The molecule has 0 aromatic heterocycles. The molecule has 1 aliphatic carbocycles. The molecule has 2 unspecified atom stereocenters. The predicted octanol–water partition coefficient (Wildman–Crippen LogP) is 1.89. The van der Waals surface area contributed by atoms with E-state index in [2.05, 4.69) is 25.1 Å². The minimum Gasteiger partial charge on any atom is -0.493 e. The van der Waals surface area contributed by atoms with Crippen molar-refractivity contribution in [3.8, 4) is 5.75 Å². The van der Waals surface area contributed by atoms with E-state index in [0.717, 1.165) is 25.2 Å². The van der Waals surface area contributed by atoms with Crippen molar-refractivity contribution in [1.82, 2.24) is 0 Å². The third kappa shape index (κ3) is 1.21. The Balaban J connectivity index is 2.00. The van der Waals surface area contributed by atoms with Gasteiger partial charge in [-0.15, -0.1) is 0 Å². The van der Waals surface area contributed by atoms with Gasteiger partial charge in [-0.3, -0.25) is 0 Å². The molecule has 0 spiro atoms. The van der Waals surface area contributed by atoms with E-state index in [0.29, 0.717) is 5.92 Å². The molecule has 15 heavy (non-hydrogen) atoms. The van der Waals surface area contributed by atoms with E-state index in [1.807, 2.05) is 0 Å². The smallest absolute Gasteiger partial charge is 0.122 e. The molecule has 2 heteroatoms. The van der Waals surface area contributed by atoms with Crippen LogP contribution in [0.25, 0.3) is 0 Å². The molecule has 1 saturated carbocycles. The van der Waals surface area contributed by atoms with E-state index in [1.165, 1.54) is 11.1 Å².